The summed E-state index contributed by atoms with van der Waals surface area (Å²) >= 11 is 0.962. The van der Waals surface area contributed by atoms with Crippen molar-refractivity contribution < 1.29 is 13.2 Å². The van der Waals surface area contributed by atoms with Gasteiger partial charge in [0.25, 0.3) is 10.0 Å². The van der Waals surface area contributed by atoms with Gasteiger partial charge >= 0.3 is 6.03 Å². The van der Waals surface area contributed by atoms with E-state index in [0.717, 1.165) is 87.9 Å². The van der Waals surface area contributed by atoms with Crippen LogP contribution in [-0.2, 0) is 10.0 Å². The zero-order valence-corrected chi connectivity index (χ0v) is 20.1. The summed E-state index contributed by atoms with van der Waals surface area (Å²) in [6, 6.07) is 0.366. The van der Waals surface area contributed by atoms with Crippen molar-refractivity contribution in [2.45, 2.75) is 100 Å². The number of hydrogen-bond donors (Lipinski definition) is 1. The lowest BCUT2D eigenvalue weighted by molar-refractivity contribution is 0.105. The molecule has 0 aromatic carbocycles. The lowest BCUT2D eigenvalue weighted by Crippen LogP contribution is -2.51. The predicted molar refractivity (Wildman–Crippen MR) is 122 cm³/mol. The van der Waals surface area contributed by atoms with Crippen molar-refractivity contribution >= 4 is 32.5 Å². The highest BCUT2D eigenvalue weighted by Crippen LogP contribution is 2.33. The minimum absolute atomic E-state index is 0.0274. The molecule has 2 aliphatic carbocycles. The van der Waals surface area contributed by atoms with Gasteiger partial charge in [-0.25, -0.2) is 13.2 Å². The third kappa shape index (κ3) is 5.39. The Balaban J connectivity index is 1.47. The van der Waals surface area contributed by atoms with Crippen LogP contribution in [0.3, 0.4) is 0 Å². The second-order valence-corrected chi connectivity index (χ2v) is 12.5. The molecule has 8 nitrogen and oxygen atoms in total. The standard InChI is InChI=1S/C21H35N5O3S2/c1-16-10-12-18(13-11-16)26(17-8-4-2-5-9-17)20(27)22-19-23-24-21(30-19)31(28,29)25-14-6-3-7-15-25/h16-18H,2-15H2,1H3,(H,22,23,27). The summed E-state index contributed by atoms with van der Waals surface area (Å²) < 4.78 is 27.2. The number of nitrogens with zero attached hydrogens (tertiary/aromatic N) is 4. The van der Waals surface area contributed by atoms with Crippen LogP contribution in [0.5, 0.6) is 0 Å². The van der Waals surface area contributed by atoms with Crippen molar-refractivity contribution in [2.24, 2.45) is 5.92 Å². The number of carbonyl (C=O) groups is 1. The van der Waals surface area contributed by atoms with Crippen LogP contribution in [0.4, 0.5) is 9.93 Å². The van der Waals surface area contributed by atoms with Gasteiger partial charge in [0.15, 0.2) is 0 Å². The molecule has 2 saturated carbocycles. The number of nitrogens with one attached hydrogen (secondary N) is 1. The fraction of sp³-hybridized carbons (Fsp3) is 0.857. The topological polar surface area (TPSA) is 95.5 Å². The summed E-state index contributed by atoms with van der Waals surface area (Å²) in [5.74, 6) is 0.721. The Morgan fingerprint density at radius 1 is 0.935 bits per heavy atom. The molecule has 1 N–H and O–H groups in total. The van der Waals surface area contributed by atoms with E-state index in [9.17, 15) is 13.2 Å². The lowest BCUT2D eigenvalue weighted by Gasteiger charge is -2.42. The number of carbonyl (C=O) groups excluding carboxylic acids is 1. The average Bonchev–Trinajstić information content (AvgIpc) is 3.26. The van der Waals surface area contributed by atoms with E-state index in [1.807, 2.05) is 0 Å². The molecular weight excluding hydrogens is 434 g/mol. The van der Waals surface area contributed by atoms with Crippen LogP contribution in [0.25, 0.3) is 0 Å². The molecule has 0 radical (unpaired) electrons. The molecule has 0 bridgehead atoms. The zero-order chi connectivity index (χ0) is 21.8. The van der Waals surface area contributed by atoms with Crippen LogP contribution in [0.1, 0.15) is 84.0 Å². The summed E-state index contributed by atoms with van der Waals surface area (Å²) in [7, 11) is -3.63. The minimum atomic E-state index is -3.63. The number of rotatable bonds is 5. The van der Waals surface area contributed by atoms with E-state index in [0.29, 0.717) is 13.1 Å². The number of aromatic nitrogens is 2. The molecule has 0 spiro atoms. The molecular formula is C21H35N5O3S2. The van der Waals surface area contributed by atoms with Gasteiger partial charge < -0.3 is 4.90 Å². The van der Waals surface area contributed by atoms with Crippen LogP contribution >= 0.6 is 11.3 Å². The number of anilines is 1. The van der Waals surface area contributed by atoms with Crippen molar-refractivity contribution in [2.75, 3.05) is 18.4 Å². The summed E-state index contributed by atoms with van der Waals surface area (Å²) in [5.41, 5.74) is 0. The summed E-state index contributed by atoms with van der Waals surface area (Å²) in [6.07, 6.45) is 12.8. The van der Waals surface area contributed by atoms with Crippen molar-refractivity contribution in [1.29, 1.82) is 0 Å². The SMILES string of the molecule is CC1CCC(N(C(=O)Nc2nnc(S(=O)(=O)N3CCCCC3)s2)C2CCCCC2)CC1. The van der Waals surface area contributed by atoms with Gasteiger partial charge in [-0.2, -0.15) is 4.31 Å². The molecule has 1 aliphatic heterocycles. The Morgan fingerprint density at radius 2 is 1.55 bits per heavy atom. The van der Waals surface area contributed by atoms with Crippen LogP contribution < -0.4 is 5.32 Å². The van der Waals surface area contributed by atoms with Gasteiger partial charge in [-0.3, -0.25) is 5.32 Å². The van der Waals surface area contributed by atoms with Crippen LogP contribution in [0.15, 0.2) is 4.34 Å². The molecule has 3 aliphatic rings. The van der Waals surface area contributed by atoms with Gasteiger partial charge in [0.1, 0.15) is 0 Å². The second-order valence-electron chi connectivity index (χ2n) is 9.38. The van der Waals surface area contributed by atoms with Crippen molar-refractivity contribution in [3.63, 3.8) is 0 Å². The second kappa shape index (κ2) is 10.1. The predicted octanol–water partition coefficient (Wildman–Crippen LogP) is 4.46. The third-order valence-corrected chi connectivity index (χ3v) is 10.2. The number of urea groups is 1. The Morgan fingerprint density at radius 3 is 2.23 bits per heavy atom. The summed E-state index contributed by atoms with van der Waals surface area (Å²) in [6.45, 7) is 3.34. The number of sulfonamides is 1. The van der Waals surface area contributed by atoms with Crippen LogP contribution in [0.2, 0.25) is 0 Å². The van der Waals surface area contributed by atoms with E-state index < -0.39 is 10.0 Å². The van der Waals surface area contributed by atoms with Crippen molar-refractivity contribution in [3.8, 4) is 0 Å². The van der Waals surface area contributed by atoms with E-state index in [1.165, 1.54) is 10.7 Å². The van der Waals surface area contributed by atoms with Gasteiger partial charge in [-0.1, -0.05) is 43.9 Å². The average molecular weight is 470 g/mol. The molecule has 2 amide bonds. The third-order valence-electron chi connectivity index (χ3n) is 7.08. The molecule has 1 aromatic rings. The highest BCUT2D eigenvalue weighted by molar-refractivity contribution is 7.91. The lowest BCUT2D eigenvalue weighted by atomic mass is 9.84. The van der Waals surface area contributed by atoms with E-state index in [-0.39, 0.29) is 27.6 Å². The Bertz CT molecular complexity index is 839. The van der Waals surface area contributed by atoms with E-state index >= 15 is 0 Å². The highest BCUT2D eigenvalue weighted by atomic mass is 32.2. The molecule has 0 atom stereocenters. The summed E-state index contributed by atoms with van der Waals surface area (Å²) in [5, 5.41) is 11.1. The summed E-state index contributed by atoms with van der Waals surface area (Å²) in [4.78, 5) is 15.4. The van der Waals surface area contributed by atoms with Gasteiger partial charge in [-0.05, 0) is 57.3 Å². The smallest absolute Gasteiger partial charge is 0.319 e. The molecule has 4 rings (SSSR count). The first-order valence-corrected chi connectivity index (χ1v) is 14.1. The maximum absolute atomic E-state index is 13.3. The van der Waals surface area contributed by atoms with Gasteiger partial charge in [0.05, 0.1) is 0 Å². The molecule has 174 valence electrons. The normalized spacial score (nSPS) is 26.5. The Kier molecular flexibility index (Phi) is 7.48. The first-order valence-electron chi connectivity index (χ1n) is 11.9. The highest BCUT2D eigenvalue weighted by Gasteiger charge is 2.35. The molecule has 31 heavy (non-hydrogen) atoms. The fourth-order valence-electron chi connectivity index (χ4n) is 5.25. The van der Waals surface area contributed by atoms with E-state index in [2.05, 4.69) is 27.3 Å². The zero-order valence-electron chi connectivity index (χ0n) is 18.5. The van der Waals surface area contributed by atoms with Gasteiger partial charge in [0.2, 0.25) is 9.47 Å². The van der Waals surface area contributed by atoms with Crippen molar-refractivity contribution in [1.82, 2.24) is 19.4 Å². The molecule has 10 heteroatoms. The van der Waals surface area contributed by atoms with Crippen molar-refractivity contribution in [3.05, 3.63) is 0 Å². The van der Waals surface area contributed by atoms with Crippen LogP contribution in [-0.4, -0.2) is 59.0 Å². The van der Waals surface area contributed by atoms with E-state index in [4.69, 9.17) is 0 Å². The molecule has 1 saturated heterocycles. The first-order chi connectivity index (χ1) is 14.9. The van der Waals surface area contributed by atoms with Gasteiger partial charge in [0, 0.05) is 25.2 Å². The molecule has 3 fully saturated rings. The number of amides is 2. The van der Waals surface area contributed by atoms with Crippen LogP contribution in [0, 0.1) is 5.92 Å². The number of hydrogen-bond acceptors (Lipinski definition) is 6. The molecule has 1 aromatic heterocycles. The molecule has 2 heterocycles. The van der Waals surface area contributed by atoms with E-state index in [1.54, 1.807) is 0 Å². The Hall–Kier alpha value is -1.26. The molecule has 0 unspecified atom stereocenters. The fourth-order valence-corrected chi connectivity index (χ4v) is 7.79. The van der Waals surface area contributed by atoms with Gasteiger partial charge in [-0.15, -0.1) is 10.2 Å². The number of piperidine rings is 1. The monoisotopic (exact) mass is 469 g/mol. The maximum Gasteiger partial charge on any atom is 0.324 e. The minimum Gasteiger partial charge on any atom is -0.319 e. The largest absolute Gasteiger partial charge is 0.324 e. The maximum atomic E-state index is 13.3. The Labute approximate surface area is 189 Å². The quantitative estimate of drug-likeness (QED) is 0.643. The first kappa shape index (κ1) is 22.9.